The number of piperidine rings is 1. The van der Waals surface area contributed by atoms with E-state index in [1.807, 2.05) is 11.8 Å². The molecule has 1 fully saturated rings. The van der Waals surface area contributed by atoms with Gasteiger partial charge in [0.2, 0.25) is 11.8 Å². The predicted molar refractivity (Wildman–Crippen MR) is 85.0 cm³/mol. The lowest BCUT2D eigenvalue weighted by Gasteiger charge is -2.34. The molecule has 1 rings (SSSR count). The van der Waals surface area contributed by atoms with Crippen molar-refractivity contribution in [3.63, 3.8) is 0 Å². The maximum absolute atomic E-state index is 12.4. The molecular formula is C16H31N3O2. The minimum absolute atomic E-state index is 0.0635. The van der Waals surface area contributed by atoms with Crippen molar-refractivity contribution < 1.29 is 9.59 Å². The Balaban J connectivity index is 2.33. The van der Waals surface area contributed by atoms with Gasteiger partial charge in [0.15, 0.2) is 0 Å². The van der Waals surface area contributed by atoms with Crippen molar-refractivity contribution in [2.24, 2.45) is 0 Å². The lowest BCUT2D eigenvalue weighted by molar-refractivity contribution is -0.134. The van der Waals surface area contributed by atoms with E-state index in [-0.39, 0.29) is 11.8 Å². The van der Waals surface area contributed by atoms with Gasteiger partial charge in [-0.15, -0.1) is 0 Å². The molecule has 1 aliphatic rings. The van der Waals surface area contributed by atoms with Crippen LogP contribution in [0.4, 0.5) is 0 Å². The van der Waals surface area contributed by atoms with Crippen molar-refractivity contribution >= 4 is 11.8 Å². The van der Waals surface area contributed by atoms with Gasteiger partial charge in [0.05, 0.1) is 0 Å². The molecule has 0 spiro atoms. The van der Waals surface area contributed by atoms with Crippen LogP contribution in [0.5, 0.6) is 0 Å². The molecule has 2 amide bonds. The van der Waals surface area contributed by atoms with Gasteiger partial charge in [-0.3, -0.25) is 9.59 Å². The molecule has 0 aromatic rings. The second-order valence-corrected chi connectivity index (χ2v) is 5.77. The van der Waals surface area contributed by atoms with Crippen molar-refractivity contribution in [1.29, 1.82) is 0 Å². The van der Waals surface area contributed by atoms with Gasteiger partial charge in [-0.25, -0.2) is 0 Å². The molecule has 0 saturated carbocycles. The number of amides is 2. The fourth-order valence-electron chi connectivity index (χ4n) is 2.77. The van der Waals surface area contributed by atoms with Crippen LogP contribution in [0.3, 0.4) is 0 Å². The highest BCUT2D eigenvalue weighted by atomic mass is 16.2. The molecule has 122 valence electrons. The van der Waals surface area contributed by atoms with Gasteiger partial charge in [-0.2, -0.15) is 0 Å². The van der Waals surface area contributed by atoms with Gasteiger partial charge in [-0.1, -0.05) is 13.8 Å². The third-order valence-electron chi connectivity index (χ3n) is 3.90. The van der Waals surface area contributed by atoms with Crippen molar-refractivity contribution in [3.8, 4) is 0 Å². The van der Waals surface area contributed by atoms with E-state index in [2.05, 4.69) is 17.6 Å². The zero-order valence-electron chi connectivity index (χ0n) is 13.6. The highest BCUT2D eigenvalue weighted by Gasteiger charge is 2.24. The lowest BCUT2D eigenvalue weighted by atomic mass is 10.0. The lowest BCUT2D eigenvalue weighted by Crippen LogP contribution is -2.46. The number of hydrogen-bond donors (Lipinski definition) is 2. The number of nitrogens with zero attached hydrogens (tertiary/aromatic N) is 1. The molecule has 1 saturated heterocycles. The van der Waals surface area contributed by atoms with Gasteiger partial charge in [0, 0.05) is 32.0 Å². The maximum Gasteiger partial charge on any atom is 0.222 e. The van der Waals surface area contributed by atoms with E-state index in [4.69, 9.17) is 0 Å². The predicted octanol–water partition coefficient (Wildman–Crippen LogP) is 1.67. The van der Waals surface area contributed by atoms with Crippen LogP contribution < -0.4 is 10.6 Å². The molecular weight excluding hydrogens is 266 g/mol. The van der Waals surface area contributed by atoms with E-state index in [0.717, 1.165) is 51.9 Å². The summed E-state index contributed by atoms with van der Waals surface area (Å²) in [6.45, 7) is 7.70. The highest BCUT2D eigenvalue weighted by Crippen LogP contribution is 2.15. The summed E-state index contributed by atoms with van der Waals surface area (Å²) in [5.41, 5.74) is 0. The normalized spacial score (nSPS) is 15.7. The Morgan fingerprint density at radius 2 is 1.86 bits per heavy atom. The van der Waals surface area contributed by atoms with Crippen LogP contribution in [-0.2, 0) is 9.59 Å². The quantitative estimate of drug-likeness (QED) is 0.680. The van der Waals surface area contributed by atoms with Gasteiger partial charge < -0.3 is 15.5 Å². The molecule has 0 unspecified atom stereocenters. The smallest absolute Gasteiger partial charge is 0.222 e. The number of rotatable bonds is 9. The van der Waals surface area contributed by atoms with Crippen molar-refractivity contribution in [3.05, 3.63) is 0 Å². The first-order chi connectivity index (χ1) is 10.2. The van der Waals surface area contributed by atoms with Crippen LogP contribution in [0.15, 0.2) is 0 Å². The molecule has 2 N–H and O–H groups in total. The third-order valence-corrected chi connectivity index (χ3v) is 3.90. The number of carbonyl (C=O) groups excluding carboxylic acids is 2. The summed E-state index contributed by atoms with van der Waals surface area (Å²) in [5.74, 6) is 0.278. The van der Waals surface area contributed by atoms with Crippen molar-refractivity contribution in [1.82, 2.24) is 15.5 Å². The summed E-state index contributed by atoms with van der Waals surface area (Å²) in [5, 5.41) is 6.19. The Labute approximate surface area is 128 Å². The Morgan fingerprint density at radius 1 is 1.14 bits per heavy atom. The molecule has 5 nitrogen and oxygen atoms in total. The summed E-state index contributed by atoms with van der Waals surface area (Å²) in [7, 11) is 0. The van der Waals surface area contributed by atoms with Crippen molar-refractivity contribution in [2.45, 2.75) is 64.8 Å². The van der Waals surface area contributed by atoms with Crippen LogP contribution in [-0.4, -0.2) is 48.9 Å². The molecule has 21 heavy (non-hydrogen) atoms. The maximum atomic E-state index is 12.4. The summed E-state index contributed by atoms with van der Waals surface area (Å²) in [6, 6.07) is 0.382. The van der Waals surface area contributed by atoms with Gasteiger partial charge in [0.1, 0.15) is 0 Å². The fraction of sp³-hybridized carbons (Fsp3) is 0.875. The zero-order valence-corrected chi connectivity index (χ0v) is 13.6. The average Bonchev–Trinajstić information content (AvgIpc) is 2.51. The first kappa shape index (κ1) is 18.0. The third kappa shape index (κ3) is 6.93. The summed E-state index contributed by atoms with van der Waals surface area (Å²) < 4.78 is 0. The van der Waals surface area contributed by atoms with Gasteiger partial charge in [-0.05, 0) is 45.2 Å². The van der Waals surface area contributed by atoms with E-state index in [0.29, 0.717) is 25.3 Å². The van der Waals surface area contributed by atoms with Crippen LogP contribution in [0.2, 0.25) is 0 Å². The molecule has 0 aliphatic carbocycles. The molecule has 0 radical (unpaired) electrons. The summed E-state index contributed by atoms with van der Waals surface area (Å²) in [4.78, 5) is 26.0. The number of nitrogens with one attached hydrogen (secondary N) is 2. The number of carbonyl (C=O) groups is 2. The zero-order chi connectivity index (χ0) is 15.5. The monoisotopic (exact) mass is 297 g/mol. The average molecular weight is 297 g/mol. The van der Waals surface area contributed by atoms with E-state index < -0.39 is 0 Å². The Kier molecular flexibility index (Phi) is 9.06. The van der Waals surface area contributed by atoms with E-state index in [1.54, 1.807) is 0 Å². The Bertz CT molecular complexity index is 315. The van der Waals surface area contributed by atoms with Crippen LogP contribution in [0.25, 0.3) is 0 Å². The second kappa shape index (κ2) is 10.6. The molecule has 0 aromatic heterocycles. The van der Waals surface area contributed by atoms with Gasteiger partial charge >= 0.3 is 0 Å². The SMILES string of the molecule is CCCNC(=O)CCCC(=O)N(CCC)C1CCNCC1. The second-order valence-electron chi connectivity index (χ2n) is 5.77. The first-order valence-corrected chi connectivity index (χ1v) is 8.45. The fourth-order valence-corrected chi connectivity index (χ4v) is 2.77. The Morgan fingerprint density at radius 3 is 2.48 bits per heavy atom. The molecule has 0 bridgehead atoms. The van der Waals surface area contributed by atoms with E-state index >= 15 is 0 Å². The van der Waals surface area contributed by atoms with Crippen LogP contribution in [0, 0.1) is 0 Å². The minimum atomic E-state index is 0.0635. The Hall–Kier alpha value is -1.10. The van der Waals surface area contributed by atoms with Crippen molar-refractivity contribution in [2.75, 3.05) is 26.2 Å². The standard InChI is InChI=1S/C16H31N3O2/c1-3-10-18-15(20)6-5-7-16(21)19(13-4-2)14-8-11-17-12-9-14/h14,17H,3-13H2,1-2H3,(H,18,20). The largest absolute Gasteiger partial charge is 0.356 e. The molecule has 1 heterocycles. The van der Waals surface area contributed by atoms with E-state index in [9.17, 15) is 9.59 Å². The molecule has 0 aromatic carbocycles. The summed E-state index contributed by atoms with van der Waals surface area (Å²) in [6.07, 6.45) is 5.63. The molecule has 0 atom stereocenters. The molecule has 1 aliphatic heterocycles. The molecule has 5 heteroatoms. The van der Waals surface area contributed by atoms with Crippen LogP contribution >= 0.6 is 0 Å². The van der Waals surface area contributed by atoms with Gasteiger partial charge in [0.25, 0.3) is 0 Å². The number of hydrogen-bond acceptors (Lipinski definition) is 3. The topological polar surface area (TPSA) is 61.4 Å². The highest BCUT2D eigenvalue weighted by molar-refractivity contribution is 5.79. The van der Waals surface area contributed by atoms with Crippen LogP contribution in [0.1, 0.15) is 58.8 Å². The summed E-state index contributed by atoms with van der Waals surface area (Å²) >= 11 is 0. The van der Waals surface area contributed by atoms with E-state index in [1.165, 1.54) is 0 Å². The first-order valence-electron chi connectivity index (χ1n) is 8.45. The minimum Gasteiger partial charge on any atom is -0.356 e.